The zero-order chi connectivity index (χ0) is 15.5. The van der Waals surface area contributed by atoms with Crippen molar-refractivity contribution in [3.63, 3.8) is 0 Å². The lowest BCUT2D eigenvalue weighted by Gasteiger charge is -2.29. The molecule has 1 atom stereocenters. The molecule has 0 aromatic heterocycles. The van der Waals surface area contributed by atoms with Gasteiger partial charge in [-0.05, 0) is 32.5 Å². The van der Waals surface area contributed by atoms with Gasteiger partial charge in [0.25, 0.3) is 0 Å². The Morgan fingerprint density at radius 3 is 2.10 bits per heavy atom. The van der Waals surface area contributed by atoms with Gasteiger partial charge in [-0.1, -0.05) is 34.6 Å². The number of amides is 1. The molecule has 0 saturated carbocycles. The molecule has 0 aromatic rings. The Morgan fingerprint density at radius 2 is 1.65 bits per heavy atom. The monoisotopic (exact) mass is 285 g/mol. The van der Waals surface area contributed by atoms with Crippen LogP contribution in [0.1, 0.15) is 48.0 Å². The Kier molecular flexibility index (Phi) is 10.8. The van der Waals surface area contributed by atoms with Crippen molar-refractivity contribution in [1.29, 1.82) is 0 Å². The van der Waals surface area contributed by atoms with E-state index < -0.39 is 0 Å². The zero-order valence-electron chi connectivity index (χ0n) is 14.4. The first kappa shape index (κ1) is 19.4. The molecule has 4 heteroatoms. The highest BCUT2D eigenvalue weighted by Gasteiger charge is 2.17. The van der Waals surface area contributed by atoms with Crippen LogP contribution in [-0.2, 0) is 4.79 Å². The number of nitrogens with zero attached hydrogens (tertiary/aromatic N) is 2. The standard InChI is InChI=1S/C16H35N3O/c1-7-17-15(6)12-16(20)19(13-14(4)5)11-10-18(8-2)9-3/h14-15,17H,7-13H2,1-6H3. The molecule has 20 heavy (non-hydrogen) atoms. The fourth-order valence-electron chi connectivity index (χ4n) is 2.37. The van der Waals surface area contributed by atoms with E-state index in [1.807, 2.05) is 4.90 Å². The predicted molar refractivity (Wildman–Crippen MR) is 87.0 cm³/mol. The van der Waals surface area contributed by atoms with Gasteiger partial charge in [0.2, 0.25) is 5.91 Å². The molecule has 0 rings (SSSR count). The van der Waals surface area contributed by atoms with Gasteiger partial charge in [-0.25, -0.2) is 0 Å². The minimum absolute atomic E-state index is 0.260. The molecule has 0 aliphatic heterocycles. The second kappa shape index (κ2) is 11.1. The molecular weight excluding hydrogens is 250 g/mol. The highest BCUT2D eigenvalue weighted by Crippen LogP contribution is 2.04. The van der Waals surface area contributed by atoms with Gasteiger partial charge >= 0.3 is 0 Å². The summed E-state index contributed by atoms with van der Waals surface area (Å²) in [4.78, 5) is 16.8. The molecule has 1 unspecified atom stereocenters. The SMILES string of the molecule is CCNC(C)CC(=O)N(CCN(CC)CC)CC(C)C. The summed E-state index contributed by atoms with van der Waals surface area (Å²) in [5.74, 6) is 0.796. The highest BCUT2D eigenvalue weighted by molar-refractivity contribution is 5.76. The average molecular weight is 285 g/mol. The van der Waals surface area contributed by atoms with Crippen molar-refractivity contribution in [2.45, 2.75) is 54.0 Å². The van der Waals surface area contributed by atoms with E-state index in [-0.39, 0.29) is 11.9 Å². The number of carbonyl (C=O) groups is 1. The van der Waals surface area contributed by atoms with Crippen LogP contribution in [0.3, 0.4) is 0 Å². The lowest BCUT2D eigenvalue weighted by Crippen LogP contribution is -2.42. The van der Waals surface area contributed by atoms with E-state index in [0.717, 1.165) is 39.3 Å². The molecule has 0 radical (unpaired) electrons. The van der Waals surface area contributed by atoms with Crippen LogP contribution in [0.5, 0.6) is 0 Å². The lowest BCUT2D eigenvalue weighted by molar-refractivity contribution is -0.132. The fourth-order valence-corrected chi connectivity index (χ4v) is 2.37. The fraction of sp³-hybridized carbons (Fsp3) is 0.938. The van der Waals surface area contributed by atoms with Crippen LogP contribution in [0, 0.1) is 5.92 Å². The van der Waals surface area contributed by atoms with Crippen molar-refractivity contribution in [2.75, 3.05) is 39.3 Å². The van der Waals surface area contributed by atoms with E-state index in [4.69, 9.17) is 0 Å². The topological polar surface area (TPSA) is 35.6 Å². The van der Waals surface area contributed by atoms with Gasteiger partial charge in [0.1, 0.15) is 0 Å². The molecule has 0 saturated heterocycles. The van der Waals surface area contributed by atoms with Crippen molar-refractivity contribution in [2.24, 2.45) is 5.92 Å². The second-order valence-corrected chi connectivity index (χ2v) is 5.92. The van der Waals surface area contributed by atoms with Gasteiger partial charge in [-0.15, -0.1) is 0 Å². The normalized spacial score (nSPS) is 13.0. The van der Waals surface area contributed by atoms with Gasteiger partial charge in [0.05, 0.1) is 0 Å². The molecule has 120 valence electrons. The van der Waals surface area contributed by atoms with E-state index >= 15 is 0 Å². The molecule has 0 spiro atoms. The number of likely N-dealkylation sites (N-methyl/N-ethyl adjacent to an activating group) is 1. The molecule has 4 nitrogen and oxygen atoms in total. The Bertz CT molecular complexity index is 252. The number of carbonyl (C=O) groups excluding carboxylic acids is 1. The molecule has 0 aliphatic rings. The summed E-state index contributed by atoms with van der Waals surface area (Å²) >= 11 is 0. The van der Waals surface area contributed by atoms with Crippen LogP contribution in [0.15, 0.2) is 0 Å². The first-order valence-corrected chi connectivity index (χ1v) is 8.17. The molecular formula is C16H35N3O. The van der Waals surface area contributed by atoms with Crippen LogP contribution in [0.4, 0.5) is 0 Å². The molecule has 1 N–H and O–H groups in total. The maximum Gasteiger partial charge on any atom is 0.224 e. The Balaban J connectivity index is 4.42. The largest absolute Gasteiger partial charge is 0.341 e. The van der Waals surface area contributed by atoms with Crippen molar-refractivity contribution in [3.05, 3.63) is 0 Å². The summed E-state index contributed by atoms with van der Waals surface area (Å²) in [6, 6.07) is 0.260. The molecule has 0 aromatic carbocycles. The summed E-state index contributed by atoms with van der Waals surface area (Å²) in [6.45, 7) is 18.5. The predicted octanol–water partition coefficient (Wildman–Crippen LogP) is 2.20. The van der Waals surface area contributed by atoms with Crippen LogP contribution in [0.2, 0.25) is 0 Å². The molecule has 0 heterocycles. The quantitative estimate of drug-likeness (QED) is 0.632. The van der Waals surface area contributed by atoms with Crippen molar-refractivity contribution in [3.8, 4) is 0 Å². The number of hydrogen-bond donors (Lipinski definition) is 1. The molecule has 0 bridgehead atoms. The van der Waals surface area contributed by atoms with Crippen LogP contribution < -0.4 is 5.32 Å². The first-order valence-electron chi connectivity index (χ1n) is 8.17. The maximum atomic E-state index is 12.4. The average Bonchev–Trinajstić information content (AvgIpc) is 2.38. The summed E-state index contributed by atoms with van der Waals surface area (Å²) in [6.07, 6.45) is 0.596. The summed E-state index contributed by atoms with van der Waals surface area (Å²) < 4.78 is 0. The van der Waals surface area contributed by atoms with Gasteiger partial charge in [-0.2, -0.15) is 0 Å². The minimum atomic E-state index is 0.260. The minimum Gasteiger partial charge on any atom is -0.341 e. The van der Waals surface area contributed by atoms with E-state index in [2.05, 4.69) is 51.8 Å². The van der Waals surface area contributed by atoms with Gasteiger partial charge in [0.15, 0.2) is 0 Å². The van der Waals surface area contributed by atoms with Crippen LogP contribution in [-0.4, -0.2) is 61.0 Å². The summed E-state index contributed by atoms with van der Waals surface area (Å²) in [5, 5.41) is 3.31. The number of rotatable bonds is 11. The highest BCUT2D eigenvalue weighted by atomic mass is 16.2. The van der Waals surface area contributed by atoms with Crippen molar-refractivity contribution in [1.82, 2.24) is 15.1 Å². The Morgan fingerprint density at radius 1 is 1.05 bits per heavy atom. The Hall–Kier alpha value is -0.610. The van der Waals surface area contributed by atoms with Crippen molar-refractivity contribution < 1.29 is 4.79 Å². The number of hydrogen-bond acceptors (Lipinski definition) is 3. The molecule has 1 amide bonds. The summed E-state index contributed by atoms with van der Waals surface area (Å²) in [7, 11) is 0. The van der Waals surface area contributed by atoms with Gasteiger partial charge in [-0.3, -0.25) is 4.79 Å². The Labute approximate surface area is 125 Å². The van der Waals surface area contributed by atoms with Gasteiger partial charge in [0, 0.05) is 32.1 Å². The third-order valence-corrected chi connectivity index (χ3v) is 3.55. The van der Waals surface area contributed by atoms with E-state index in [9.17, 15) is 4.79 Å². The smallest absolute Gasteiger partial charge is 0.224 e. The maximum absolute atomic E-state index is 12.4. The van der Waals surface area contributed by atoms with E-state index in [1.165, 1.54) is 0 Å². The third kappa shape index (κ3) is 8.54. The number of nitrogens with one attached hydrogen (secondary N) is 1. The van der Waals surface area contributed by atoms with E-state index in [1.54, 1.807) is 0 Å². The first-order chi connectivity index (χ1) is 9.44. The van der Waals surface area contributed by atoms with Crippen LogP contribution in [0.25, 0.3) is 0 Å². The molecule has 0 aliphatic carbocycles. The third-order valence-electron chi connectivity index (χ3n) is 3.55. The summed E-state index contributed by atoms with van der Waals surface area (Å²) in [5.41, 5.74) is 0. The zero-order valence-corrected chi connectivity index (χ0v) is 14.4. The molecule has 0 fully saturated rings. The van der Waals surface area contributed by atoms with E-state index in [0.29, 0.717) is 12.3 Å². The van der Waals surface area contributed by atoms with Gasteiger partial charge < -0.3 is 15.1 Å². The van der Waals surface area contributed by atoms with Crippen molar-refractivity contribution >= 4 is 5.91 Å². The lowest BCUT2D eigenvalue weighted by atomic mass is 10.1. The van der Waals surface area contributed by atoms with Crippen LogP contribution >= 0.6 is 0 Å². The second-order valence-electron chi connectivity index (χ2n) is 5.92.